The van der Waals surface area contributed by atoms with Crippen molar-refractivity contribution in [3.63, 3.8) is 0 Å². The number of fused-ring (bicyclic) bond motifs is 2. The number of hydrogen-bond acceptors (Lipinski definition) is 1. The monoisotopic (exact) mass is 276 g/mol. The van der Waals surface area contributed by atoms with Gasteiger partial charge in [0.15, 0.2) is 0 Å². The quantitative estimate of drug-likeness (QED) is 0.666. The topological polar surface area (TPSA) is 25.2 Å². The average Bonchev–Trinajstić information content (AvgIpc) is 3.01. The highest BCUT2D eigenvalue weighted by Gasteiger charge is 2.28. The first-order chi connectivity index (χ1) is 10.1. The van der Waals surface area contributed by atoms with Crippen molar-refractivity contribution in [1.82, 2.24) is 4.57 Å². The number of carbonyl (C=O) groups excluding carboxylic acids is 1. The minimum atomic E-state index is 0.0993. The van der Waals surface area contributed by atoms with Gasteiger partial charge in [-0.05, 0) is 42.1 Å². The van der Waals surface area contributed by atoms with Crippen LogP contribution in [0.3, 0.4) is 0 Å². The molecule has 3 heteroatoms. The van der Waals surface area contributed by atoms with E-state index in [0.717, 1.165) is 27.9 Å². The molecule has 0 spiro atoms. The molecule has 104 valence electrons. The van der Waals surface area contributed by atoms with Crippen LogP contribution in [0.2, 0.25) is 0 Å². The summed E-state index contributed by atoms with van der Waals surface area (Å²) in [7, 11) is 2.02. The maximum absolute atomic E-state index is 12.6. The third-order valence-corrected chi connectivity index (χ3v) is 4.25. The zero-order valence-corrected chi connectivity index (χ0v) is 12.1. The number of hydrogen-bond donors (Lipinski definition) is 0. The number of amides is 1. The average molecular weight is 276 g/mol. The lowest BCUT2D eigenvalue weighted by atomic mass is 10.1. The third kappa shape index (κ3) is 1.77. The van der Waals surface area contributed by atoms with E-state index in [1.807, 2.05) is 37.2 Å². The summed E-state index contributed by atoms with van der Waals surface area (Å²) in [4.78, 5) is 14.5. The van der Waals surface area contributed by atoms with Crippen LogP contribution in [0.15, 0.2) is 48.7 Å². The number of carbonyl (C=O) groups is 1. The number of aromatic nitrogens is 1. The van der Waals surface area contributed by atoms with Gasteiger partial charge in [-0.15, -0.1) is 0 Å². The maximum atomic E-state index is 12.6. The molecule has 1 aliphatic rings. The van der Waals surface area contributed by atoms with E-state index in [0.29, 0.717) is 6.54 Å². The predicted octanol–water partition coefficient (Wildman–Crippen LogP) is 3.65. The molecule has 0 N–H and O–H groups in total. The van der Waals surface area contributed by atoms with Crippen molar-refractivity contribution in [2.24, 2.45) is 7.05 Å². The van der Waals surface area contributed by atoms with Gasteiger partial charge in [0.2, 0.25) is 0 Å². The van der Waals surface area contributed by atoms with E-state index in [2.05, 4.69) is 34.9 Å². The lowest BCUT2D eigenvalue weighted by Crippen LogP contribution is -2.22. The molecule has 0 atom stereocenters. The highest BCUT2D eigenvalue weighted by Crippen LogP contribution is 2.31. The first-order valence-electron chi connectivity index (χ1n) is 7.10. The van der Waals surface area contributed by atoms with Crippen molar-refractivity contribution >= 4 is 22.5 Å². The normalized spacial score (nSPS) is 14.0. The van der Waals surface area contributed by atoms with E-state index in [4.69, 9.17) is 0 Å². The molecule has 2 heterocycles. The molecule has 4 rings (SSSR count). The summed E-state index contributed by atoms with van der Waals surface area (Å²) in [5.41, 5.74) is 5.18. The molecule has 0 saturated carbocycles. The van der Waals surface area contributed by atoms with Crippen LogP contribution in [0.4, 0.5) is 5.69 Å². The molecule has 0 bridgehead atoms. The molecular weight excluding hydrogens is 260 g/mol. The van der Waals surface area contributed by atoms with Gasteiger partial charge < -0.3 is 9.47 Å². The van der Waals surface area contributed by atoms with Crippen LogP contribution >= 0.6 is 0 Å². The van der Waals surface area contributed by atoms with E-state index >= 15 is 0 Å². The van der Waals surface area contributed by atoms with E-state index in [1.54, 1.807) is 0 Å². The Hall–Kier alpha value is -2.55. The maximum Gasteiger partial charge on any atom is 0.258 e. The summed E-state index contributed by atoms with van der Waals surface area (Å²) < 4.78 is 2.08. The molecule has 0 aliphatic carbocycles. The first kappa shape index (κ1) is 12.2. The Balaban J connectivity index is 1.80. The summed E-state index contributed by atoms with van der Waals surface area (Å²) >= 11 is 0. The van der Waals surface area contributed by atoms with Crippen molar-refractivity contribution in [1.29, 1.82) is 0 Å². The smallest absolute Gasteiger partial charge is 0.258 e. The summed E-state index contributed by atoms with van der Waals surface area (Å²) in [6.45, 7) is 2.68. The molecule has 3 nitrogen and oxygen atoms in total. The SMILES string of the molecule is Cc1ccc2c(c1)C(=O)N(c1ccc3ccn(C)c3c1)C2. The molecule has 0 saturated heterocycles. The molecule has 0 radical (unpaired) electrons. The molecule has 1 aliphatic heterocycles. The van der Waals surface area contributed by atoms with Crippen molar-refractivity contribution in [3.05, 3.63) is 65.4 Å². The van der Waals surface area contributed by atoms with Gasteiger partial charge in [-0.3, -0.25) is 4.79 Å². The number of anilines is 1. The molecule has 0 fully saturated rings. The third-order valence-electron chi connectivity index (χ3n) is 4.25. The zero-order valence-electron chi connectivity index (χ0n) is 12.1. The van der Waals surface area contributed by atoms with Gasteiger partial charge in [0.25, 0.3) is 5.91 Å². The van der Waals surface area contributed by atoms with Crippen molar-refractivity contribution in [2.45, 2.75) is 13.5 Å². The van der Waals surface area contributed by atoms with Gasteiger partial charge in [0.05, 0.1) is 6.54 Å². The number of rotatable bonds is 1. The van der Waals surface area contributed by atoms with E-state index in [-0.39, 0.29) is 5.91 Å². The van der Waals surface area contributed by atoms with Crippen LogP contribution in [0.5, 0.6) is 0 Å². The van der Waals surface area contributed by atoms with Crippen LogP contribution in [-0.2, 0) is 13.6 Å². The van der Waals surface area contributed by atoms with Crippen LogP contribution < -0.4 is 4.90 Å². The second kappa shape index (κ2) is 4.22. The minimum Gasteiger partial charge on any atom is -0.350 e. The summed E-state index contributed by atoms with van der Waals surface area (Å²) in [5.74, 6) is 0.0993. The summed E-state index contributed by atoms with van der Waals surface area (Å²) in [6.07, 6.45) is 2.04. The lowest BCUT2D eigenvalue weighted by Gasteiger charge is -2.16. The highest BCUT2D eigenvalue weighted by atomic mass is 16.2. The largest absolute Gasteiger partial charge is 0.350 e. The first-order valence-corrected chi connectivity index (χ1v) is 7.10. The van der Waals surface area contributed by atoms with Gasteiger partial charge in [-0.2, -0.15) is 0 Å². The second-order valence-corrected chi connectivity index (χ2v) is 5.72. The van der Waals surface area contributed by atoms with Gasteiger partial charge >= 0.3 is 0 Å². The zero-order chi connectivity index (χ0) is 14.6. The number of aryl methyl sites for hydroxylation is 2. The highest BCUT2D eigenvalue weighted by molar-refractivity contribution is 6.10. The molecule has 0 unspecified atom stereocenters. The predicted molar refractivity (Wildman–Crippen MR) is 84.6 cm³/mol. The summed E-state index contributed by atoms with van der Waals surface area (Å²) in [5, 5.41) is 1.20. The fourth-order valence-corrected chi connectivity index (χ4v) is 3.04. The summed E-state index contributed by atoms with van der Waals surface area (Å²) in [6, 6.07) is 14.4. The van der Waals surface area contributed by atoms with E-state index in [1.165, 1.54) is 5.39 Å². The molecule has 2 aromatic carbocycles. The molecule has 1 amide bonds. The lowest BCUT2D eigenvalue weighted by molar-refractivity contribution is 0.0996. The fraction of sp³-hybridized carbons (Fsp3) is 0.167. The molecule has 3 aromatic rings. The molecular formula is C18H16N2O. The van der Waals surface area contributed by atoms with Gasteiger partial charge in [-0.25, -0.2) is 0 Å². The Labute approximate surface area is 123 Å². The van der Waals surface area contributed by atoms with Gasteiger partial charge in [0, 0.05) is 30.0 Å². The Kier molecular flexibility index (Phi) is 2.45. The number of benzene rings is 2. The standard InChI is InChI=1S/C18H16N2O/c1-12-3-4-14-11-20(18(21)16(14)9-12)15-6-5-13-7-8-19(2)17(13)10-15/h3-10H,11H2,1-2H3. The fourth-order valence-electron chi connectivity index (χ4n) is 3.04. The molecule has 1 aromatic heterocycles. The van der Waals surface area contributed by atoms with Crippen LogP contribution in [-0.4, -0.2) is 10.5 Å². The van der Waals surface area contributed by atoms with E-state index in [9.17, 15) is 4.79 Å². The Bertz CT molecular complexity index is 876. The van der Waals surface area contributed by atoms with Crippen molar-refractivity contribution < 1.29 is 4.79 Å². The molecule has 21 heavy (non-hydrogen) atoms. The number of nitrogens with zero attached hydrogens (tertiary/aromatic N) is 2. The van der Waals surface area contributed by atoms with E-state index < -0.39 is 0 Å². The Morgan fingerprint density at radius 3 is 2.76 bits per heavy atom. The second-order valence-electron chi connectivity index (χ2n) is 5.72. The van der Waals surface area contributed by atoms with Crippen LogP contribution in [0.25, 0.3) is 10.9 Å². The van der Waals surface area contributed by atoms with Gasteiger partial charge in [0.1, 0.15) is 0 Å². The Morgan fingerprint density at radius 1 is 1.05 bits per heavy atom. The van der Waals surface area contributed by atoms with Crippen LogP contribution in [0, 0.1) is 6.92 Å². The van der Waals surface area contributed by atoms with Gasteiger partial charge in [-0.1, -0.05) is 23.8 Å². The Morgan fingerprint density at radius 2 is 1.90 bits per heavy atom. The van der Waals surface area contributed by atoms with Crippen molar-refractivity contribution in [2.75, 3.05) is 4.90 Å². The van der Waals surface area contributed by atoms with Crippen molar-refractivity contribution in [3.8, 4) is 0 Å². The van der Waals surface area contributed by atoms with Crippen LogP contribution in [0.1, 0.15) is 21.5 Å². The minimum absolute atomic E-state index is 0.0993.